The minimum absolute atomic E-state index is 0.0697. The van der Waals surface area contributed by atoms with Gasteiger partial charge in [0, 0.05) is 18.0 Å². The number of nitrogens with one attached hydrogen (secondary N) is 1. The van der Waals surface area contributed by atoms with Crippen molar-refractivity contribution in [2.24, 2.45) is 0 Å². The van der Waals surface area contributed by atoms with Gasteiger partial charge in [-0.2, -0.15) is 0 Å². The zero-order valence-electron chi connectivity index (χ0n) is 11.5. The van der Waals surface area contributed by atoms with Crippen LogP contribution in [-0.4, -0.2) is 21.6 Å². The van der Waals surface area contributed by atoms with Crippen LogP contribution in [0.2, 0.25) is 5.02 Å². The molecule has 21 heavy (non-hydrogen) atoms. The highest BCUT2D eigenvalue weighted by Gasteiger charge is 2.29. The van der Waals surface area contributed by atoms with Gasteiger partial charge < -0.3 is 10.4 Å². The molecule has 0 atom stereocenters. The van der Waals surface area contributed by atoms with Crippen LogP contribution in [0.5, 0.6) is 5.75 Å². The Morgan fingerprint density at radius 1 is 1.38 bits per heavy atom. The largest absolute Gasteiger partial charge is 0.506 e. The molecular weight excluding hydrogens is 401 g/mol. The maximum Gasteiger partial charge on any atom is 0.161 e. The van der Waals surface area contributed by atoms with Crippen LogP contribution in [0, 0.1) is 3.57 Å². The molecule has 1 heterocycles. The smallest absolute Gasteiger partial charge is 0.161 e. The van der Waals surface area contributed by atoms with Crippen LogP contribution in [0.4, 0.5) is 5.82 Å². The third-order valence-corrected chi connectivity index (χ3v) is 4.76. The van der Waals surface area contributed by atoms with Gasteiger partial charge in [0.05, 0.1) is 14.3 Å². The lowest BCUT2D eigenvalue weighted by Gasteiger charge is -2.12. The predicted molar refractivity (Wildman–Crippen MR) is 93.0 cm³/mol. The van der Waals surface area contributed by atoms with Crippen molar-refractivity contribution in [3.05, 3.63) is 32.5 Å². The van der Waals surface area contributed by atoms with Crippen LogP contribution in [0.25, 0.3) is 11.4 Å². The Balaban J connectivity index is 2.10. The number of aromatic hydroxyl groups is 1. The average molecular weight is 416 g/mol. The first-order valence-electron chi connectivity index (χ1n) is 6.90. The van der Waals surface area contributed by atoms with Gasteiger partial charge in [-0.25, -0.2) is 9.97 Å². The number of hydrogen-bond acceptors (Lipinski definition) is 4. The van der Waals surface area contributed by atoms with Gasteiger partial charge >= 0.3 is 0 Å². The number of aromatic nitrogens is 2. The molecule has 0 bridgehead atoms. The number of benzene rings is 1. The summed E-state index contributed by atoms with van der Waals surface area (Å²) in [6, 6.07) is 5.06. The number of anilines is 1. The number of phenolic OH excluding ortho intramolecular Hbond substituents is 1. The fraction of sp³-hybridized carbons (Fsp3) is 0.333. The summed E-state index contributed by atoms with van der Waals surface area (Å²) < 4.78 is 1.10. The molecule has 2 aromatic rings. The van der Waals surface area contributed by atoms with E-state index < -0.39 is 0 Å². The zero-order valence-corrected chi connectivity index (χ0v) is 14.4. The maximum atomic E-state index is 9.54. The van der Waals surface area contributed by atoms with E-state index in [0.29, 0.717) is 16.8 Å². The van der Waals surface area contributed by atoms with E-state index in [2.05, 4.69) is 32.9 Å². The highest BCUT2D eigenvalue weighted by molar-refractivity contribution is 14.1. The first-order chi connectivity index (χ1) is 10.1. The second-order valence-corrected chi connectivity index (χ2v) is 6.55. The maximum absolute atomic E-state index is 9.54. The molecule has 2 N–H and O–H groups in total. The molecule has 1 saturated carbocycles. The molecule has 1 aromatic carbocycles. The van der Waals surface area contributed by atoms with Gasteiger partial charge in [-0.3, -0.25) is 0 Å². The molecule has 0 aliphatic heterocycles. The summed E-state index contributed by atoms with van der Waals surface area (Å²) in [5, 5.41) is 13.1. The lowest BCUT2D eigenvalue weighted by atomic mass is 10.2. The van der Waals surface area contributed by atoms with Crippen LogP contribution in [0.3, 0.4) is 0 Å². The molecule has 1 aromatic heterocycles. The molecule has 4 nitrogen and oxygen atoms in total. The lowest BCUT2D eigenvalue weighted by Crippen LogP contribution is -2.07. The van der Waals surface area contributed by atoms with Crippen LogP contribution in [0.15, 0.2) is 18.2 Å². The van der Waals surface area contributed by atoms with Gasteiger partial charge in [-0.05, 0) is 60.6 Å². The van der Waals surface area contributed by atoms with Gasteiger partial charge in [0.15, 0.2) is 5.82 Å². The Labute approximate surface area is 142 Å². The fourth-order valence-corrected chi connectivity index (χ4v) is 3.20. The number of nitrogens with zero attached hydrogens (tertiary/aromatic N) is 2. The highest BCUT2D eigenvalue weighted by Crippen LogP contribution is 2.43. The fourth-order valence-electron chi connectivity index (χ4n) is 2.15. The van der Waals surface area contributed by atoms with Crippen molar-refractivity contribution in [2.45, 2.75) is 25.7 Å². The van der Waals surface area contributed by atoms with E-state index in [1.54, 1.807) is 18.2 Å². The van der Waals surface area contributed by atoms with Crippen LogP contribution in [-0.2, 0) is 0 Å². The summed E-state index contributed by atoms with van der Waals surface area (Å²) >= 11 is 8.30. The molecular formula is C15H15ClIN3O. The first-order valence-corrected chi connectivity index (χ1v) is 8.36. The second kappa shape index (κ2) is 5.96. The third-order valence-electron chi connectivity index (χ3n) is 3.39. The first kappa shape index (κ1) is 14.8. The van der Waals surface area contributed by atoms with Crippen LogP contribution in [0.1, 0.15) is 31.4 Å². The predicted octanol–water partition coefficient (Wildman–Crippen LogP) is 4.42. The zero-order chi connectivity index (χ0) is 15.0. The molecule has 1 fully saturated rings. The van der Waals surface area contributed by atoms with Crippen LogP contribution >= 0.6 is 34.2 Å². The van der Waals surface area contributed by atoms with Gasteiger partial charge in [0.25, 0.3) is 0 Å². The topological polar surface area (TPSA) is 58.0 Å². The molecule has 110 valence electrons. The Kier molecular flexibility index (Phi) is 4.21. The van der Waals surface area contributed by atoms with Crippen molar-refractivity contribution >= 4 is 40.0 Å². The standard InChI is InChI=1S/C15H15ClIN3O/c1-2-18-15-12(17)13(8-3-4-8)19-14(20-15)9-5-6-11(21)10(16)7-9/h5-8,21H,2-4H2,1H3,(H,18,19,20). The minimum Gasteiger partial charge on any atom is -0.506 e. The molecule has 0 unspecified atom stereocenters. The second-order valence-electron chi connectivity index (χ2n) is 5.07. The van der Waals surface area contributed by atoms with Crippen molar-refractivity contribution in [1.82, 2.24) is 9.97 Å². The minimum atomic E-state index is 0.0697. The summed E-state index contributed by atoms with van der Waals surface area (Å²) in [6.07, 6.45) is 2.38. The summed E-state index contributed by atoms with van der Waals surface area (Å²) in [7, 11) is 0. The Hall–Kier alpha value is -1.08. The van der Waals surface area contributed by atoms with E-state index in [4.69, 9.17) is 16.6 Å². The molecule has 0 spiro atoms. The van der Waals surface area contributed by atoms with Crippen molar-refractivity contribution in [2.75, 3.05) is 11.9 Å². The Morgan fingerprint density at radius 3 is 2.76 bits per heavy atom. The van der Waals surface area contributed by atoms with Crippen molar-refractivity contribution in [3.63, 3.8) is 0 Å². The molecule has 0 saturated heterocycles. The molecule has 3 rings (SSSR count). The van der Waals surface area contributed by atoms with Gasteiger partial charge in [0.2, 0.25) is 0 Å². The molecule has 0 radical (unpaired) electrons. The molecule has 6 heteroatoms. The monoisotopic (exact) mass is 415 g/mol. The number of hydrogen-bond donors (Lipinski definition) is 2. The average Bonchev–Trinajstić information content (AvgIpc) is 3.29. The van der Waals surface area contributed by atoms with Crippen LogP contribution < -0.4 is 5.32 Å². The Bertz CT molecular complexity index is 689. The number of halogens is 2. The third kappa shape index (κ3) is 3.08. The van der Waals surface area contributed by atoms with E-state index >= 15 is 0 Å². The van der Waals surface area contributed by atoms with E-state index in [1.807, 2.05) is 6.92 Å². The van der Waals surface area contributed by atoms with Crippen molar-refractivity contribution in [3.8, 4) is 17.1 Å². The van der Waals surface area contributed by atoms with E-state index in [9.17, 15) is 5.11 Å². The van der Waals surface area contributed by atoms with E-state index in [1.165, 1.54) is 12.8 Å². The summed E-state index contributed by atoms with van der Waals surface area (Å²) in [6.45, 7) is 2.86. The summed E-state index contributed by atoms with van der Waals surface area (Å²) in [4.78, 5) is 9.32. The van der Waals surface area contributed by atoms with E-state index in [0.717, 1.165) is 27.2 Å². The van der Waals surface area contributed by atoms with Gasteiger partial charge in [-0.1, -0.05) is 11.6 Å². The van der Waals surface area contributed by atoms with Gasteiger partial charge in [-0.15, -0.1) is 0 Å². The summed E-state index contributed by atoms with van der Waals surface area (Å²) in [5.41, 5.74) is 1.93. The molecule has 1 aliphatic rings. The number of phenols is 1. The Morgan fingerprint density at radius 2 is 2.14 bits per heavy atom. The lowest BCUT2D eigenvalue weighted by molar-refractivity contribution is 0.475. The molecule has 0 amide bonds. The quantitative estimate of drug-likeness (QED) is 0.726. The SMILES string of the molecule is CCNc1nc(-c2ccc(O)c(Cl)c2)nc(C2CC2)c1I. The normalized spacial score (nSPS) is 14.2. The van der Waals surface area contributed by atoms with Gasteiger partial charge in [0.1, 0.15) is 11.6 Å². The van der Waals surface area contributed by atoms with E-state index in [-0.39, 0.29) is 5.75 Å². The highest BCUT2D eigenvalue weighted by atomic mass is 127. The van der Waals surface area contributed by atoms with Crippen molar-refractivity contribution < 1.29 is 5.11 Å². The molecule has 1 aliphatic carbocycles. The number of rotatable bonds is 4. The van der Waals surface area contributed by atoms with Crippen molar-refractivity contribution in [1.29, 1.82) is 0 Å². The summed E-state index contributed by atoms with van der Waals surface area (Å²) in [5.74, 6) is 2.13.